The molecule has 4 atom stereocenters. The van der Waals surface area contributed by atoms with Crippen molar-refractivity contribution in [3.8, 4) is 0 Å². The van der Waals surface area contributed by atoms with Crippen LogP contribution >= 0.6 is 0 Å². The van der Waals surface area contributed by atoms with Gasteiger partial charge >= 0.3 is 0 Å². The summed E-state index contributed by atoms with van der Waals surface area (Å²) < 4.78 is 10.9. The highest BCUT2D eigenvalue weighted by atomic mass is 16.5. The van der Waals surface area contributed by atoms with E-state index in [0.717, 1.165) is 30.8 Å². The van der Waals surface area contributed by atoms with Gasteiger partial charge in [-0.15, -0.1) is 0 Å². The molecule has 5 heteroatoms. The SMILES string of the molecule is C1COCC(c2nc(C3CC4CCC3C4)no2)N1. The van der Waals surface area contributed by atoms with Gasteiger partial charge in [0.1, 0.15) is 6.04 Å². The van der Waals surface area contributed by atoms with Gasteiger partial charge in [0, 0.05) is 12.5 Å². The summed E-state index contributed by atoms with van der Waals surface area (Å²) in [6.07, 6.45) is 5.39. The van der Waals surface area contributed by atoms with Crippen LogP contribution in [0.25, 0.3) is 0 Å². The van der Waals surface area contributed by atoms with Gasteiger partial charge in [0.05, 0.1) is 13.2 Å². The Balaban J connectivity index is 1.51. The molecule has 4 rings (SSSR count). The van der Waals surface area contributed by atoms with Crippen LogP contribution in [0.1, 0.15) is 49.4 Å². The molecule has 0 amide bonds. The van der Waals surface area contributed by atoms with Crippen LogP contribution in [0.2, 0.25) is 0 Å². The summed E-state index contributed by atoms with van der Waals surface area (Å²) in [5.74, 6) is 3.90. The van der Waals surface area contributed by atoms with Crippen molar-refractivity contribution < 1.29 is 9.26 Å². The molecular formula is C13H19N3O2. The standard InChI is InChI=1S/C13H19N3O2/c1-2-9-5-8(1)6-10(9)12-15-13(18-16-12)11-7-17-4-3-14-11/h8-11,14H,1-7H2. The summed E-state index contributed by atoms with van der Waals surface area (Å²) in [5.41, 5.74) is 0. The first-order valence-electron chi connectivity index (χ1n) is 7.05. The van der Waals surface area contributed by atoms with E-state index in [9.17, 15) is 0 Å². The third-order valence-electron chi connectivity index (χ3n) is 4.75. The fraction of sp³-hybridized carbons (Fsp3) is 0.846. The lowest BCUT2D eigenvalue weighted by molar-refractivity contribution is 0.0659. The molecule has 0 spiro atoms. The molecule has 5 nitrogen and oxygen atoms in total. The van der Waals surface area contributed by atoms with Crippen LogP contribution in [0.15, 0.2) is 4.52 Å². The Morgan fingerprint density at radius 2 is 2.22 bits per heavy atom. The second-order valence-corrected chi connectivity index (χ2v) is 5.85. The Bertz CT molecular complexity index is 428. The Kier molecular flexibility index (Phi) is 2.62. The highest BCUT2D eigenvalue weighted by Crippen LogP contribution is 2.52. The summed E-state index contributed by atoms with van der Waals surface area (Å²) in [5, 5.41) is 7.56. The number of rotatable bonds is 2. The molecule has 3 fully saturated rings. The number of nitrogens with zero attached hydrogens (tertiary/aromatic N) is 2. The van der Waals surface area contributed by atoms with Crippen molar-refractivity contribution in [1.29, 1.82) is 0 Å². The molecule has 1 aromatic rings. The Morgan fingerprint density at radius 3 is 2.94 bits per heavy atom. The molecule has 2 heterocycles. The number of morpholine rings is 1. The van der Waals surface area contributed by atoms with Crippen molar-refractivity contribution in [1.82, 2.24) is 15.5 Å². The molecular weight excluding hydrogens is 230 g/mol. The summed E-state index contributed by atoms with van der Waals surface area (Å²) >= 11 is 0. The lowest BCUT2D eigenvalue weighted by Gasteiger charge is -2.20. The predicted octanol–water partition coefficient (Wildman–Crippen LogP) is 1.63. The van der Waals surface area contributed by atoms with E-state index >= 15 is 0 Å². The number of aromatic nitrogens is 2. The zero-order valence-corrected chi connectivity index (χ0v) is 10.5. The van der Waals surface area contributed by atoms with Gasteiger partial charge < -0.3 is 14.6 Å². The minimum atomic E-state index is 0.0820. The Morgan fingerprint density at radius 1 is 1.22 bits per heavy atom. The average molecular weight is 249 g/mol. The molecule has 2 bridgehead atoms. The molecule has 4 unspecified atom stereocenters. The minimum absolute atomic E-state index is 0.0820. The van der Waals surface area contributed by atoms with Crippen molar-refractivity contribution in [2.45, 2.75) is 37.6 Å². The molecule has 0 aromatic carbocycles. The smallest absolute Gasteiger partial charge is 0.246 e. The quantitative estimate of drug-likeness (QED) is 0.863. The first-order valence-corrected chi connectivity index (χ1v) is 7.05. The third-order valence-corrected chi connectivity index (χ3v) is 4.75. The second kappa shape index (κ2) is 4.31. The molecule has 3 aliphatic rings. The van der Waals surface area contributed by atoms with Crippen LogP contribution in [-0.2, 0) is 4.74 Å². The first-order chi connectivity index (χ1) is 8.90. The van der Waals surface area contributed by atoms with Gasteiger partial charge in [-0.05, 0) is 31.1 Å². The van der Waals surface area contributed by atoms with Crippen molar-refractivity contribution in [3.05, 3.63) is 11.7 Å². The lowest BCUT2D eigenvalue weighted by atomic mass is 9.88. The number of hydrogen-bond donors (Lipinski definition) is 1. The summed E-state index contributed by atoms with van der Waals surface area (Å²) in [6, 6.07) is 0.0820. The maximum Gasteiger partial charge on any atom is 0.246 e. The monoisotopic (exact) mass is 249 g/mol. The highest BCUT2D eigenvalue weighted by molar-refractivity contribution is 5.07. The molecule has 1 aliphatic heterocycles. The van der Waals surface area contributed by atoms with E-state index < -0.39 is 0 Å². The van der Waals surface area contributed by atoms with Crippen molar-refractivity contribution >= 4 is 0 Å². The molecule has 2 saturated carbocycles. The van der Waals surface area contributed by atoms with E-state index in [2.05, 4.69) is 15.5 Å². The minimum Gasteiger partial charge on any atom is -0.378 e. The normalized spacial score (nSPS) is 39.3. The van der Waals surface area contributed by atoms with Crippen LogP contribution in [0.4, 0.5) is 0 Å². The number of nitrogens with one attached hydrogen (secondary N) is 1. The molecule has 2 aliphatic carbocycles. The van der Waals surface area contributed by atoms with Crippen molar-refractivity contribution in [2.75, 3.05) is 19.8 Å². The highest BCUT2D eigenvalue weighted by Gasteiger charge is 2.42. The molecule has 18 heavy (non-hydrogen) atoms. The first kappa shape index (κ1) is 10.9. The summed E-state index contributed by atoms with van der Waals surface area (Å²) in [6.45, 7) is 2.26. The number of ether oxygens (including phenoxy) is 1. The van der Waals surface area contributed by atoms with Gasteiger partial charge in [-0.2, -0.15) is 4.98 Å². The maximum atomic E-state index is 5.43. The van der Waals surface area contributed by atoms with Gasteiger partial charge in [0.2, 0.25) is 5.89 Å². The van der Waals surface area contributed by atoms with Crippen molar-refractivity contribution in [2.24, 2.45) is 11.8 Å². The molecule has 1 saturated heterocycles. The molecule has 0 radical (unpaired) electrons. The third kappa shape index (κ3) is 1.77. The lowest BCUT2D eigenvalue weighted by Crippen LogP contribution is -2.34. The van der Waals surface area contributed by atoms with Gasteiger partial charge in [-0.25, -0.2) is 0 Å². The van der Waals surface area contributed by atoms with E-state index in [1.54, 1.807) is 0 Å². The summed E-state index contributed by atoms with van der Waals surface area (Å²) in [4.78, 5) is 4.61. The van der Waals surface area contributed by atoms with E-state index in [1.807, 2.05) is 0 Å². The van der Waals surface area contributed by atoms with Gasteiger partial charge in [0.25, 0.3) is 0 Å². The average Bonchev–Trinajstić information content (AvgIpc) is 3.15. The number of fused-ring (bicyclic) bond motifs is 2. The molecule has 1 N–H and O–H groups in total. The summed E-state index contributed by atoms with van der Waals surface area (Å²) in [7, 11) is 0. The molecule has 1 aromatic heterocycles. The number of hydrogen-bond acceptors (Lipinski definition) is 5. The van der Waals surface area contributed by atoms with E-state index in [-0.39, 0.29) is 6.04 Å². The van der Waals surface area contributed by atoms with Crippen LogP contribution in [0.3, 0.4) is 0 Å². The largest absolute Gasteiger partial charge is 0.378 e. The zero-order chi connectivity index (χ0) is 11.9. The van der Waals surface area contributed by atoms with Crippen LogP contribution in [0, 0.1) is 11.8 Å². The van der Waals surface area contributed by atoms with E-state index in [0.29, 0.717) is 18.4 Å². The van der Waals surface area contributed by atoms with Gasteiger partial charge in [-0.1, -0.05) is 11.6 Å². The van der Waals surface area contributed by atoms with E-state index in [4.69, 9.17) is 9.26 Å². The van der Waals surface area contributed by atoms with Crippen LogP contribution in [0.5, 0.6) is 0 Å². The van der Waals surface area contributed by atoms with E-state index in [1.165, 1.54) is 25.7 Å². The molecule has 98 valence electrons. The van der Waals surface area contributed by atoms with Gasteiger partial charge in [0.15, 0.2) is 5.82 Å². The second-order valence-electron chi connectivity index (χ2n) is 5.85. The zero-order valence-electron chi connectivity index (χ0n) is 10.5. The van der Waals surface area contributed by atoms with Crippen molar-refractivity contribution in [3.63, 3.8) is 0 Å². The van der Waals surface area contributed by atoms with Gasteiger partial charge in [-0.3, -0.25) is 0 Å². The Hall–Kier alpha value is -0.940. The Labute approximate surface area is 106 Å². The fourth-order valence-corrected chi connectivity index (χ4v) is 3.82. The maximum absolute atomic E-state index is 5.43. The van der Waals surface area contributed by atoms with Crippen LogP contribution < -0.4 is 5.32 Å². The fourth-order valence-electron chi connectivity index (χ4n) is 3.82. The van der Waals surface area contributed by atoms with Crippen LogP contribution in [-0.4, -0.2) is 29.9 Å². The topological polar surface area (TPSA) is 60.2 Å². The predicted molar refractivity (Wildman–Crippen MR) is 64.0 cm³/mol.